The first kappa shape index (κ1) is 15.6. The maximum atomic E-state index is 13.2. The molecule has 0 spiro atoms. The molecule has 0 radical (unpaired) electrons. The van der Waals surface area contributed by atoms with E-state index in [0.29, 0.717) is 16.0 Å². The second-order valence-corrected chi connectivity index (χ2v) is 6.17. The normalized spacial score (nSPS) is 18.9. The van der Waals surface area contributed by atoms with Crippen LogP contribution in [0.2, 0.25) is 0 Å². The van der Waals surface area contributed by atoms with E-state index >= 15 is 0 Å². The molecule has 1 aromatic carbocycles. The van der Waals surface area contributed by atoms with Gasteiger partial charge in [-0.15, -0.1) is 0 Å². The van der Waals surface area contributed by atoms with Gasteiger partial charge in [-0.05, 0) is 73.0 Å². The standard InChI is InChI=1S/C14H17F2IN2O/c15-11-6-10(13(17)7-12(11)16)14(20)19-5-3-9-2-1-4-18-8-9/h6-7,9,18H,1-5,8H2,(H,19,20). The van der Waals surface area contributed by atoms with E-state index in [-0.39, 0.29) is 11.5 Å². The zero-order chi connectivity index (χ0) is 14.5. The molecule has 2 rings (SSSR count). The molecule has 1 saturated heterocycles. The van der Waals surface area contributed by atoms with Crippen LogP contribution in [0.1, 0.15) is 29.6 Å². The molecule has 1 aromatic rings. The first-order valence-electron chi connectivity index (χ1n) is 6.71. The zero-order valence-corrected chi connectivity index (χ0v) is 13.2. The summed E-state index contributed by atoms with van der Waals surface area (Å²) in [6.45, 7) is 2.61. The lowest BCUT2D eigenvalue weighted by Crippen LogP contribution is -2.33. The Balaban J connectivity index is 1.87. The molecule has 1 amide bonds. The summed E-state index contributed by atoms with van der Waals surface area (Å²) in [5.41, 5.74) is 0.186. The van der Waals surface area contributed by atoms with Crippen molar-refractivity contribution in [1.82, 2.24) is 10.6 Å². The van der Waals surface area contributed by atoms with Gasteiger partial charge >= 0.3 is 0 Å². The van der Waals surface area contributed by atoms with Gasteiger partial charge in [0.05, 0.1) is 5.56 Å². The summed E-state index contributed by atoms with van der Waals surface area (Å²) in [6, 6.07) is 1.99. The quantitative estimate of drug-likeness (QED) is 0.609. The van der Waals surface area contributed by atoms with Gasteiger partial charge in [0.15, 0.2) is 11.6 Å². The zero-order valence-electron chi connectivity index (χ0n) is 11.0. The number of nitrogens with one attached hydrogen (secondary N) is 2. The molecule has 1 unspecified atom stereocenters. The van der Waals surface area contributed by atoms with Crippen LogP contribution in [-0.4, -0.2) is 25.5 Å². The maximum Gasteiger partial charge on any atom is 0.252 e. The Morgan fingerprint density at radius 3 is 2.85 bits per heavy atom. The predicted molar refractivity (Wildman–Crippen MR) is 81.6 cm³/mol. The largest absolute Gasteiger partial charge is 0.352 e. The fourth-order valence-electron chi connectivity index (χ4n) is 2.35. The Hall–Kier alpha value is -0.760. The molecule has 1 heterocycles. The van der Waals surface area contributed by atoms with Gasteiger partial charge in [-0.25, -0.2) is 8.78 Å². The van der Waals surface area contributed by atoms with Crippen LogP contribution >= 0.6 is 22.6 Å². The molecular weight excluding hydrogens is 377 g/mol. The van der Waals surface area contributed by atoms with Crippen molar-refractivity contribution in [2.45, 2.75) is 19.3 Å². The van der Waals surface area contributed by atoms with Gasteiger partial charge in [0.1, 0.15) is 0 Å². The highest BCUT2D eigenvalue weighted by Gasteiger charge is 2.16. The second kappa shape index (κ2) is 7.31. The smallest absolute Gasteiger partial charge is 0.252 e. The molecule has 1 atom stereocenters. The van der Waals surface area contributed by atoms with Gasteiger partial charge in [-0.3, -0.25) is 4.79 Å². The van der Waals surface area contributed by atoms with E-state index in [2.05, 4.69) is 10.6 Å². The van der Waals surface area contributed by atoms with Crippen molar-refractivity contribution in [2.75, 3.05) is 19.6 Å². The molecular formula is C14H17F2IN2O. The third-order valence-corrected chi connectivity index (χ3v) is 4.38. The molecule has 2 N–H and O–H groups in total. The van der Waals surface area contributed by atoms with Gasteiger partial charge in [0.2, 0.25) is 0 Å². The second-order valence-electron chi connectivity index (χ2n) is 5.00. The van der Waals surface area contributed by atoms with Gasteiger partial charge in [0, 0.05) is 10.1 Å². The molecule has 1 fully saturated rings. The van der Waals surface area contributed by atoms with Crippen molar-refractivity contribution in [1.29, 1.82) is 0 Å². The highest BCUT2D eigenvalue weighted by Crippen LogP contribution is 2.17. The third-order valence-electron chi connectivity index (χ3n) is 3.49. The Bertz CT molecular complexity index is 490. The predicted octanol–water partition coefficient (Wildman–Crippen LogP) is 2.69. The van der Waals surface area contributed by atoms with Gasteiger partial charge in [-0.1, -0.05) is 0 Å². The minimum atomic E-state index is -0.993. The van der Waals surface area contributed by atoms with Crippen LogP contribution in [0.25, 0.3) is 0 Å². The number of carbonyl (C=O) groups is 1. The summed E-state index contributed by atoms with van der Waals surface area (Å²) in [5, 5.41) is 6.10. The molecule has 3 nitrogen and oxygen atoms in total. The van der Waals surface area contributed by atoms with Crippen LogP contribution in [0.4, 0.5) is 8.78 Å². The Kier molecular flexibility index (Phi) is 5.71. The maximum absolute atomic E-state index is 13.2. The molecule has 0 bridgehead atoms. The summed E-state index contributed by atoms with van der Waals surface area (Å²) >= 11 is 1.84. The minimum Gasteiger partial charge on any atom is -0.352 e. The van der Waals surface area contributed by atoms with E-state index in [1.165, 1.54) is 12.8 Å². The molecule has 0 aliphatic carbocycles. The molecule has 0 saturated carbocycles. The lowest BCUT2D eigenvalue weighted by molar-refractivity contribution is 0.0949. The lowest BCUT2D eigenvalue weighted by Gasteiger charge is -2.22. The topological polar surface area (TPSA) is 41.1 Å². The van der Waals surface area contributed by atoms with Crippen molar-refractivity contribution in [2.24, 2.45) is 5.92 Å². The van der Waals surface area contributed by atoms with E-state index in [1.807, 2.05) is 22.6 Å². The number of hydrogen-bond donors (Lipinski definition) is 2. The summed E-state index contributed by atoms with van der Waals surface area (Å²) in [7, 11) is 0. The van der Waals surface area contributed by atoms with Crippen molar-refractivity contribution >= 4 is 28.5 Å². The molecule has 20 heavy (non-hydrogen) atoms. The summed E-state index contributed by atoms with van der Waals surface area (Å²) in [4.78, 5) is 12.0. The van der Waals surface area contributed by atoms with Crippen molar-refractivity contribution < 1.29 is 13.6 Å². The van der Waals surface area contributed by atoms with Crippen LogP contribution in [0.3, 0.4) is 0 Å². The van der Waals surface area contributed by atoms with Crippen molar-refractivity contribution in [3.63, 3.8) is 0 Å². The number of rotatable bonds is 4. The monoisotopic (exact) mass is 394 g/mol. The molecule has 1 aliphatic rings. The Morgan fingerprint density at radius 1 is 1.40 bits per heavy atom. The van der Waals surface area contributed by atoms with Crippen LogP contribution in [0.5, 0.6) is 0 Å². The Labute approximate surface area is 130 Å². The summed E-state index contributed by atoms with van der Waals surface area (Å²) in [5.74, 6) is -1.70. The number of hydrogen-bond acceptors (Lipinski definition) is 2. The van der Waals surface area contributed by atoms with E-state index in [9.17, 15) is 13.6 Å². The molecule has 6 heteroatoms. The Morgan fingerprint density at radius 2 is 2.15 bits per heavy atom. The fraction of sp³-hybridized carbons (Fsp3) is 0.500. The SMILES string of the molecule is O=C(NCCC1CCCNC1)c1cc(F)c(F)cc1I. The van der Waals surface area contributed by atoms with E-state index < -0.39 is 11.6 Å². The number of halogens is 3. The lowest BCUT2D eigenvalue weighted by atomic mass is 9.96. The minimum absolute atomic E-state index is 0.186. The highest BCUT2D eigenvalue weighted by molar-refractivity contribution is 14.1. The molecule has 0 aromatic heterocycles. The van der Waals surface area contributed by atoms with Crippen molar-refractivity contribution in [3.8, 4) is 0 Å². The third kappa shape index (κ3) is 4.12. The van der Waals surface area contributed by atoms with Gasteiger partial charge in [-0.2, -0.15) is 0 Å². The average molecular weight is 394 g/mol. The first-order chi connectivity index (χ1) is 9.58. The average Bonchev–Trinajstić information content (AvgIpc) is 2.44. The number of carbonyl (C=O) groups excluding carboxylic acids is 1. The van der Waals surface area contributed by atoms with Crippen molar-refractivity contribution in [3.05, 3.63) is 32.9 Å². The summed E-state index contributed by atoms with van der Waals surface area (Å²) in [6.07, 6.45) is 3.24. The summed E-state index contributed by atoms with van der Waals surface area (Å²) < 4.78 is 26.6. The number of benzene rings is 1. The first-order valence-corrected chi connectivity index (χ1v) is 7.79. The van der Waals surface area contributed by atoms with Crippen LogP contribution in [0, 0.1) is 21.1 Å². The highest BCUT2D eigenvalue weighted by atomic mass is 127. The van der Waals surface area contributed by atoms with Crippen LogP contribution < -0.4 is 10.6 Å². The van der Waals surface area contributed by atoms with Gasteiger partial charge < -0.3 is 10.6 Å². The fourth-order valence-corrected chi connectivity index (χ4v) is 3.03. The number of piperidine rings is 1. The van der Waals surface area contributed by atoms with E-state index in [4.69, 9.17) is 0 Å². The molecule has 1 aliphatic heterocycles. The van der Waals surface area contributed by atoms with Gasteiger partial charge in [0.25, 0.3) is 5.91 Å². The van der Waals surface area contributed by atoms with Crippen LogP contribution in [-0.2, 0) is 0 Å². The van der Waals surface area contributed by atoms with E-state index in [0.717, 1.165) is 31.6 Å². The molecule has 110 valence electrons. The van der Waals surface area contributed by atoms with E-state index in [1.54, 1.807) is 0 Å². The number of amides is 1. The van der Waals surface area contributed by atoms with Crippen LogP contribution in [0.15, 0.2) is 12.1 Å².